The molecule has 0 aliphatic carbocycles. The number of anilines is 1. The lowest BCUT2D eigenvalue weighted by Crippen LogP contribution is -2.30. The van der Waals surface area contributed by atoms with Gasteiger partial charge in [-0.3, -0.25) is 9.78 Å². The van der Waals surface area contributed by atoms with Crippen LogP contribution in [0.1, 0.15) is 28.9 Å². The summed E-state index contributed by atoms with van der Waals surface area (Å²) in [4.78, 5) is 16.3. The average molecular weight is 265 g/mol. The Morgan fingerprint density at radius 2 is 2.44 bits per heavy atom. The molecule has 1 aromatic rings. The molecular weight excluding hydrogens is 246 g/mol. The Morgan fingerprint density at radius 1 is 1.61 bits per heavy atom. The summed E-state index contributed by atoms with van der Waals surface area (Å²) in [5, 5.41) is 6.61. The first kappa shape index (κ1) is 13.2. The third kappa shape index (κ3) is 3.16. The summed E-state index contributed by atoms with van der Waals surface area (Å²) >= 11 is 1.95. The van der Waals surface area contributed by atoms with Gasteiger partial charge in [-0.25, -0.2) is 0 Å². The van der Waals surface area contributed by atoms with Crippen LogP contribution < -0.4 is 10.6 Å². The molecule has 0 bridgehead atoms. The SMILES string of the molecule is CNc1cc(C)ncc1C(=O)NCC1CCCS1. The molecular formula is C13H19N3OS. The van der Waals surface area contributed by atoms with Gasteiger partial charge in [-0.1, -0.05) is 0 Å². The molecule has 0 saturated carbocycles. The van der Waals surface area contributed by atoms with Crippen molar-refractivity contribution in [3.05, 3.63) is 23.5 Å². The van der Waals surface area contributed by atoms with Gasteiger partial charge in [0.2, 0.25) is 0 Å². The van der Waals surface area contributed by atoms with Gasteiger partial charge in [0.05, 0.1) is 11.3 Å². The van der Waals surface area contributed by atoms with E-state index in [1.54, 1.807) is 6.20 Å². The second-order valence-corrected chi connectivity index (χ2v) is 5.87. The van der Waals surface area contributed by atoms with Crippen molar-refractivity contribution < 1.29 is 4.79 Å². The minimum absolute atomic E-state index is 0.0423. The highest BCUT2D eigenvalue weighted by atomic mass is 32.2. The lowest BCUT2D eigenvalue weighted by molar-refractivity contribution is 0.0954. The van der Waals surface area contributed by atoms with Crippen molar-refractivity contribution in [3.8, 4) is 0 Å². The highest BCUT2D eigenvalue weighted by Gasteiger charge is 2.18. The van der Waals surface area contributed by atoms with Gasteiger partial charge in [0, 0.05) is 30.7 Å². The summed E-state index contributed by atoms with van der Waals surface area (Å²) in [6, 6.07) is 1.89. The van der Waals surface area contributed by atoms with Crippen molar-refractivity contribution >= 4 is 23.4 Å². The zero-order valence-corrected chi connectivity index (χ0v) is 11.6. The first-order valence-electron chi connectivity index (χ1n) is 6.25. The largest absolute Gasteiger partial charge is 0.387 e. The Morgan fingerprint density at radius 3 is 3.11 bits per heavy atom. The Balaban J connectivity index is 1.99. The fourth-order valence-electron chi connectivity index (χ4n) is 2.05. The normalized spacial score (nSPS) is 18.7. The summed E-state index contributed by atoms with van der Waals surface area (Å²) in [7, 11) is 1.82. The van der Waals surface area contributed by atoms with E-state index in [0.29, 0.717) is 10.8 Å². The van der Waals surface area contributed by atoms with Crippen molar-refractivity contribution in [2.24, 2.45) is 0 Å². The van der Waals surface area contributed by atoms with Gasteiger partial charge < -0.3 is 10.6 Å². The zero-order chi connectivity index (χ0) is 13.0. The molecule has 5 heteroatoms. The molecule has 1 amide bonds. The van der Waals surface area contributed by atoms with Crippen LogP contribution in [0.25, 0.3) is 0 Å². The van der Waals surface area contributed by atoms with Gasteiger partial charge in [0.15, 0.2) is 0 Å². The molecule has 98 valence electrons. The number of rotatable bonds is 4. The van der Waals surface area contributed by atoms with Crippen molar-refractivity contribution in [1.82, 2.24) is 10.3 Å². The van der Waals surface area contributed by atoms with Crippen LogP contribution in [0.2, 0.25) is 0 Å². The summed E-state index contributed by atoms with van der Waals surface area (Å²) in [6.07, 6.45) is 4.10. The molecule has 1 aromatic heterocycles. The predicted molar refractivity (Wildman–Crippen MR) is 76.3 cm³/mol. The second-order valence-electron chi connectivity index (χ2n) is 4.47. The molecule has 4 nitrogen and oxygen atoms in total. The van der Waals surface area contributed by atoms with Crippen molar-refractivity contribution in [3.63, 3.8) is 0 Å². The van der Waals surface area contributed by atoms with Crippen molar-refractivity contribution in [2.45, 2.75) is 25.0 Å². The van der Waals surface area contributed by atoms with Crippen LogP contribution in [-0.2, 0) is 0 Å². The standard InChI is InChI=1S/C13H19N3OS/c1-9-6-12(14-2)11(8-15-9)13(17)16-7-10-4-3-5-18-10/h6,8,10H,3-5,7H2,1-2H3,(H,14,15)(H,16,17). The molecule has 1 atom stereocenters. The van der Waals surface area contributed by atoms with E-state index < -0.39 is 0 Å². The number of carbonyl (C=O) groups excluding carboxylic acids is 1. The summed E-state index contributed by atoms with van der Waals surface area (Å²) < 4.78 is 0. The first-order valence-corrected chi connectivity index (χ1v) is 7.30. The molecule has 1 fully saturated rings. The number of amides is 1. The van der Waals surface area contributed by atoms with Crippen molar-refractivity contribution in [1.29, 1.82) is 0 Å². The Kier molecular flexibility index (Phi) is 4.47. The van der Waals surface area contributed by atoms with E-state index in [-0.39, 0.29) is 5.91 Å². The Hall–Kier alpha value is -1.23. The molecule has 2 rings (SSSR count). The van der Waals surface area contributed by atoms with Gasteiger partial charge in [0.25, 0.3) is 5.91 Å². The Bertz CT molecular complexity index is 430. The monoisotopic (exact) mass is 265 g/mol. The summed E-state index contributed by atoms with van der Waals surface area (Å²) in [5.41, 5.74) is 2.35. The minimum Gasteiger partial charge on any atom is -0.387 e. The van der Waals surface area contributed by atoms with Crippen LogP contribution in [0.15, 0.2) is 12.3 Å². The number of thioether (sulfide) groups is 1. The molecule has 1 aliphatic rings. The summed E-state index contributed by atoms with van der Waals surface area (Å²) in [6.45, 7) is 2.66. The number of hydrogen-bond donors (Lipinski definition) is 2. The molecule has 1 saturated heterocycles. The van der Waals surface area contributed by atoms with Gasteiger partial charge >= 0.3 is 0 Å². The molecule has 2 N–H and O–H groups in total. The third-order valence-electron chi connectivity index (χ3n) is 3.07. The molecule has 0 radical (unpaired) electrons. The molecule has 0 aromatic carbocycles. The van der Waals surface area contributed by atoms with E-state index in [9.17, 15) is 4.79 Å². The van der Waals surface area contributed by atoms with Crippen LogP contribution in [0.3, 0.4) is 0 Å². The van der Waals surface area contributed by atoms with Crippen LogP contribution in [0.5, 0.6) is 0 Å². The predicted octanol–water partition coefficient (Wildman–Crippen LogP) is 2.06. The fourth-order valence-corrected chi connectivity index (χ4v) is 3.26. The molecule has 0 spiro atoms. The third-order valence-corrected chi connectivity index (χ3v) is 4.47. The van der Waals surface area contributed by atoms with Crippen LogP contribution >= 0.6 is 11.8 Å². The van der Waals surface area contributed by atoms with E-state index in [2.05, 4.69) is 15.6 Å². The Labute approximate surface area is 112 Å². The number of aryl methyl sites for hydroxylation is 1. The number of nitrogens with zero attached hydrogens (tertiary/aromatic N) is 1. The number of hydrogen-bond acceptors (Lipinski definition) is 4. The zero-order valence-electron chi connectivity index (χ0n) is 10.8. The maximum Gasteiger partial charge on any atom is 0.254 e. The lowest BCUT2D eigenvalue weighted by Gasteiger charge is -2.12. The fraction of sp³-hybridized carbons (Fsp3) is 0.538. The molecule has 18 heavy (non-hydrogen) atoms. The highest BCUT2D eigenvalue weighted by Crippen LogP contribution is 2.25. The van der Waals surface area contributed by atoms with Gasteiger partial charge in [-0.2, -0.15) is 11.8 Å². The van der Waals surface area contributed by atoms with E-state index in [4.69, 9.17) is 0 Å². The number of pyridine rings is 1. The van der Waals surface area contributed by atoms with Crippen LogP contribution in [0.4, 0.5) is 5.69 Å². The number of carbonyl (C=O) groups is 1. The van der Waals surface area contributed by atoms with Crippen LogP contribution in [-0.4, -0.2) is 35.5 Å². The topological polar surface area (TPSA) is 54.0 Å². The van der Waals surface area contributed by atoms with Crippen molar-refractivity contribution in [2.75, 3.05) is 24.7 Å². The average Bonchev–Trinajstić information content (AvgIpc) is 2.88. The van der Waals surface area contributed by atoms with Gasteiger partial charge in [0.1, 0.15) is 0 Å². The second kappa shape index (κ2) is 6.09. The quantitative estimate of drug-likeness (QED) is 0.875. The van der Waals surface area contributed by atoms with E-state index in [1.165, 1.54) is 18.6 Å². The van der Waals surface area contributed by atoms with E-state index >= 15 is 0 Å². The first-order chi connectivity index (χ1) is 8.70. The van der Waals surface area contributed by atoms with Gasteiger partial charge in [-0.05, 0) is 31.6 Å². The smallest absolute Gasteiger partial charge is 0.254 e. The van der Waals surface area contributed by atoms with Crippen LogP contribution in [0, 0.1) is 6.92 Å². The number of aromatic nitrogens is 1. The maximum atomic E-state index is 12.1. The summed E-state index contributed by atoms with van der Waals surface area (Å²) in [5.74, 6) is 1.17. The maximum absolute atomic E-state index is 12.1. The van der Waals surface area contributed by atoms with E-state index in [0.717, 1.165) is 17.9 Å². The highest BCUT2D eigenvalue weighted by molar-refractivity contribution is 8.00. The molecule has 1 unspecified atom stereocenters. The lowest BCUT2D eigenvalue weighted by atomic mass is 10.2. The minimum atomic E-state index is -0.0423. The van der Waals surface area contributed by atoms with E-state index in [1.807, 2.05) is 31.8 Å². The molecule has 1 aliphatic heterocycles. The number of nitrogens with one attached hydrogen (secondary N) is 2. The van der Waals surface area contributed by atoms with Gasteiger partial charge in [-0.15, -0.1) is 0 Å². The molecule has 2 heterocycles.